The van der Waals surface area contributed by atoms with Crippen molar-refractivity contribution in [1.29, 1.82) is 0 Å². The predicted molar refractivity (Wildman–Crippen MR) is 61.0 cm³/mol. The highest BCUT2D eigenvalue weighted by molar-refractivity contribution is 5.54. The van der Waals surface area contributed by atoms with E-state index in [0.717, 1.165) is 12.1 Å². The zero-order chi connectivity index (χ0) is 14.3. The Morgan fingerprint density at radius 1 is 1.25 bits per heavy atom. The van der Waals surface area contributed by atoms with Gasteiger partial charge in [-0.1, -0.05) is 5.16 Å². The molecule has 2 atom stereocenters. The molecule has 1 saturated heterocycles. The van der Waals surface area contributed by atoms with Crippen molar-refractivity contribution in [3.05, 3.63) is 35.5 Å². The van der Waals surface area contributed by atoms with E-state index in [0.29, 0.717) is 13.0 Å². The normalized spacial score (nSPS) is 22.4. The number of halogens is 3. The van der Waals surface area contributed by atoms with Crippen LogP contribution in [0.3, 0.4) is 0 Å². The number of hydrogen-bond acceptors (Lipinski definition) is 5. The molecule has 0 saturated carbocycles. The minimum absolute atomic E-state index is 0.0186. The Labute approximate surface area is 111 Å². The standard InChI is InChI=1S/C12H10F3N3O2/c13-7-1-5(2-8(14)10(7)15)11-17-12(20-18-11)9-3-6(19)4-16-9/h1-2,6,9,16,19H,3-4H2/t6-,9-/m1/s1. The molecule has 0 radical (unpaired) electrons. The van der Waals surface area contributed by atoms with Crippen LogP contribution in [0.1, 0.15) is 18.4 Å². The summed E-state index contributed by atoms with van der Waals surface area (Å²) in [6.45, 7) is 0.405. The molecule has 3 rings (SSSR count). The fraction of sp³-hybridized carbons (Fsp3) is 0.333. The summed E-state index contributed by atoms with van der Waals surface area (Å²) in [5.41, 5.74) is -0.0186. The van der Waals surface area contributed by atoms with Crippen LogP contribution < -0.4 is 5.32 Å². The van der Waals surface area contributed by atoms with Crippen molar-refractivity contribution < 1.29 is 22.8 Å². The van der Waals surface area contributed by atoms with Crippen molar-refractivity contribution in [2.45, 2.75) is 18.6 Å². The summed E-state index contributed by atoms with van der Waals surface area (Å²) in [7, 11) is 0. The van der Waals surface area contributed by atoms with Crippen LogP contribution in [0, 0.1) is 17.5 Å². The smallest absolute Gasteiger partial charge is 0.244 e. The summed E-state index contributed by atoms with van der Waals surface area (Å²) in [5.74, 6) is -4.01. The van der Waals surface area contributed by atoms with Gasteiger partial charge >= 0.3 is 0 Å². The molecule has 2 heterocycles. The molecule has 0 spiro atoms. The predicted octanol–water partition coefficient (Wildman–Crippen LogP) is 1.55. The lowest BCUT2D eigenvalue weighted by Gasteiger charge is -2.01. The van der Waals surface area contributed by atoms with Gasteiger partial charge in [-0.05, 0) is 18.6 Å². The topological polar surface area (TPSA) is 71.2 Å². The van der Waals surface area contributed by atoms with Gasteiger partial charge in [-0.2, -0.15) is 4.98 Å². The Balaban J connectivity index is 1.90. The number of β-amino-alcohol motifs (C(OH)–C–C–N with tert-alkyl or cyclic N) is 1. The lowest BCUT2D eigenvalue weighted by molar-refractivity contribution is 0.191. The summed E-state index contributed by atoms with van der Waals surface area (Å²) in [4.78, 5) is 4.00. The molecule has 0 unspecified atom stereocenters. The zero-order valence-corrected chi connectivity index (χ0v) is 10.1. The Morgan fingerprint density at radius 3 is 2.55 bits per heavy atom. The quantitative estimate of drug-likeness (QED) is 0.819. The van der Waals surface area contributed by atoms with Gasteiger partial charge in [0.05, 0.1) is 12.1 Å². The van der Waals surface area contributed by atoms with E-state index >= 15 is 0 Å². The van der Waals surface area contributed by atoms with Crippen LogP contribution in [0.4, 0.5) is 13.2 Å². The maximum Gasteiger partial charge on any atom is 0.244 e. The summed E-state index contributed by atoms with van der Waals surface area (Å²) in [6, 6.07) is 1.29. The van der Waals surface area contributed by atoms with Crippen molar-refractivity contribution in [2.75, 3.05) is 6.54 Å². The number of aromatic nitrogens is 2. The third-order valence-corrected chi connectivity index (χ3v) is 3.09. The lowest BCUT2D eigenvalue weighted by atomic mass is 10.2. The first-order valence-corrected chi connectivity index (χ1v) is 5.94. The van der Waals surface area contributed by atoms with Crippen molar-refractivity contribution in [1.82, 2.24) is 15.5 Å². The van der Waals surface area contributed by atoms with Gasteiger partial charge in [0, 0.05) is 12.1 Å². The average molecular weight is 285 g/mol. The van der Waals surface area contributed by atoms with Crippen molar-refractivity contribution >= 4 is 0 Å². The van der Waals surface area contributed by atoms with Crippen LogP contribution in [-0.4, -0.2) is 27.9 Å². The molecule has 20 heavy (non-hydrogen) atoms. The monoisotopic (exact) mass is 285 g/mol. The second-order valence-electron chi connectivity index (χ2n) is 4.56. The molecule has 106 valence electrons. The molecule has 8 heteroatoms. The maximum atomic E-state index is 13.1. The SMILES string of the molecule is O[C@H]1CN[C@@H](c2nc(-c3cc(F)c(F)c(F)c3)no2)C1. The number of rotatable bonds is 2. The maximum absolute atomic E-state index is 13.1. The Bertz CT molecular complexity index is 624. The van der Waals surface area contributed by atoms with E-state index in [1.807, 2.05) is 0 Å². The molecule has 0 amide bonds. The summed E-state index contributed by atoms with van der Waals surface area (Å²) in [5, 5.41) is 16.0. The van der Waals surface area contributed by atoms with Crippen LogP contribution in [-0.2, 0) is 0 Å². The molecular formula is C12H10F3N3O2. The van der Waals surface area contributed by atoms with E-state index in [1.54, 1.807) is 0 Å². The van der Waals surface area contributed by atoms with Crippen LogP contribution in [0.25, 0.3) is 11.4 Å². The van der Waals surface area contributed by atoms with Gasteiger partial charge in [0.25, 0.3) is 0 Å². The summed E-state index contributed by atoms with van der Waals surface area (Å²) >= 11 is 0. The van der Waals surface area contributed by atoms with Gasteiger partial charge in [-0.15, -0.1) is 0 Å². The lowest BCUT2D eigenvalue weighted by Crippen LogP contribution is -2.15. The van der Waals surface area contributed by atoms with Crippen LogP contribution in [0.2, 0.25) is 0 Å². The second kappa shape index (κ2) is 4.88. The van der Waals surface area contributed by atoms with Gasteiger partial charge in [-0.3, -0.25) is 0 Å². The molecular weight excluding hydrogens is 275 g/mol. The second-order valence-corrected chi connectivity index (χ2v) is 4.56. The van der Waals surface area contributed by atoms with Gasteiger partial charge in [-0.25, -0.2) is 13.2 Å². The summed E-state index contributed by atoms with van der Waals surface area (Å²) in [6.07, 6.45) is -0.0932. The molecule has 0 bridgehead atoms. The first kappa shape index (κ1) is 13.1. The number of hydrogen-bond donors (Lipinski definition) is 2. The summed E-state index contributed by atoms with van der Waals surface area (Å²) < 4.78 is 44.1. The molecule has 1 aliphatic heterocycles. The zero-order valence-electron chi connectivity index (χ0n) is 10.1. The van der Waals surface area contributed by atoms with E-state index in [1.165, 1.54) is 0 Å². The molecule has 2 N–H and O–H groups in total. The van der Waals surface area contributed by atoms with E-state index in [-0.39, 0.29) is 23.3 Å². The minimum Gasteiger partial charge on any atom is -0.392 e. The Kier molecular flexibility index (Phi) is 3.19. The average Bonchev–Trinajstić information content (AvgIpc) is 3.03. The van der Waals surface area contributed by atoms with E-state index in [2.05, 4.69) is 15.5 Å². The number of nitrogens with one attached hydrogen (secondary N) is 1. The van der Waals surface area contributed by atoms with E-state index in [4.69, 9.17) is 4.52 Å². The molecule has 0 aliphatic carbocycles. The molecule has 1 aromatic heterocycles. The molecule has 5 nitrogen and oxygen atoms in total. The number of aliphatic hydroxyl groups excluding tert-OH is 1. The molecule has 1 aromatic carbocycles. The highest BCUT2D eigenvalue weighted by Gasteiger charge is 2.28. The fourth-order valence-electron chi connectivity index (χ4n) is 2.08. The molecule has 1 aliphatic rings. The van der Waals surface area contributed by atoms with E-state index < -0.39 is 23.6 Å². The number of benzene rings is 1. The highest BCUT2D eigenvalue weighted by atomic mass is 19.2. The van der Waals surface area contributed by atoms with Gasteiger partial charge in [0.15, 0.2) is 17.5 Å². The van der Waals surface area contributed by atoms with Crippen LogP contribution in [0.5, 0.6) is 0 Å². The van der Waals surface area contributed by atoms with Gasteiger partial charge in [0.2, 0.25) is 11.7 Å². The first-order valence-electron chi connectivity index (χ1n) is 5.94. The van der Waals surface area contributed by atoms with Crippen LogP contribution in [0.15, 0.2) is 16.7 Å². The molecule has 2 aromatic rings. The largest absolute Gasteiger partial charge is 0.392 e. The van der Waals surface area contributed by atoms with Crippen LogP contribution >= 0.6 is 0 Å². The van der Waals surface area contributed by atoms with Crippen molar-refractivity contribution in [3.63, 3.8) is 0 Å². The fourth-order valence-corrected chi connectivity index (χ4v) is 2.08. The van der Waals surface area contributed by atoms with Crippen molar-refractivity contribution in [2.24, 2.45) is 0 Å². The minimum atomic E-state index is -1.54. The number of nitrogens with zero attached hydrogens (tertiary/aromatic N) is 2. The third-order valence-electron chi connectivity index (χ3n) is 3.09. The van der Waals surface area contributed by atoms with Crippen molar-refractivity contribution in [3.8, 4) is 11.4 Å². The van der Waals surface area contributed by atoms with E-state index in [9.17, 15) is 18.3 Å². The number of aliphatic hydroxyl groups is 1. The Hall–Kier alpha value is -1.93. The van der Waals surface area contributed by atoms with Gasteiger partial charge in [0.1, 0.15) is 0 Å². The Morgan fingerprint density at radius 2 is 1.95 bits per heavy atom. The molecule has 1 fully saturated rings. The third kappa shape index (κ3) is 2.27. The first-order chi connectivity index (χ1) is 9.54. The highest BCUT2D eigenvalue weighted by Crippen LogP contribution is 2.26. The van der Waals surface area contributed by atoms with Gasteiger partial charge < -0.3 is 14.9 Å².